The van der Waals surface area contributed by atoms with Crippen molar-refractivity contribution >= 4 is 45.1 Å². The number of hydrogen-bond donors (Lipinski definition) is 1. The average molecular weight is 414 g/mol. The van der Waals surface area contributed by atoms with Crippen molar-refractivity contribution in [2.24, 2.45) is 0 Å². The summed E-state index contributed by atoms with van der Waals surface area (Å²) in [6.07, 6.45) is 1.69. The van der Waals surface area contributed by atoms with Crippen LogP contribution in [-0.4, -0.2) is 25.9 Å². The zero-order valence-electron chi connectivity index (χ0n) is 15.8. The van der Waals surface area contributed by atoms with Crippen LogP contribution in [0.1, 0.15) is 15.9 Å². The standard InChI is InChI=1S/C23H16ClN5O/c24-18-12-17-4-3-11-25-22(17)20(13-18)26-23(30)16-9-7-15(8-10-16)14-29-21-6-2-1-5-19(21)27-28-29/h1-13H,14H2,(H,26,30). The summed E-state index contributed by atoms with van der Waals surface area (Å²) in [5.41, 5.74) is 4.69. The molecule has 2 aromatic heterocycles. The van der Waals surface area contributed by atoms with E-state index < -0.39 is 0 Å². The topological polar surface area (TPSA) is 72.7 Å². The van der Waals surface area contributed by atoms with Crippen molar-refractivity contribution in [2.45, 2.75) is 6.54 Å². The molecule has 2 heterocycles. The van der Waals surface area contributed by atoms with Gasteiger partial charge in [-0.2, -0.15) is 0 Å². The number of amides is 1. The van der Waals surface area contributed by atoms with E-state index in [9.17, 15) is 4.79 Å². The van der Waals surface area contributed by atoms with Gasteiger partial charge in [0.25, 0.3) is 5.91 Å². The van der Waals surface area contributed by atoms with Crippen LogP contribution in [-0.2, 0) is 6.54 Å². The molecule has 0 saturated carbocycles. The third-order valence-electron chi connectivity index (χ3n) is 4.89. The van der Waals surface area contributed by atoms with E-state index in [1.807, 2.05) is 59.3 Å². The molecular formula is C23H16ClN5O. The maximum Gasteiger partial charge on any atom is 0.255 e. The Balaban J connectivity index is 1.36. The molecule has 146 valence electrons. The number of halogens is 1. The van der Waals surface area contributed by atoms with E-state index in [0.717, 1.165) is 22.0 Å². The van der Waals surface area contributed by atoms with Gasteiger partial charge in [0.05, 0.1) is 23.3 Å². The number of nitrogens with zero attached hydrogens (tertiary/aromatic N) is 4. The molecule has 0 spiro atoms. The SMILES string of the molecule is O=C(Nc1cc(Cl)cc2cccnc12)c1ccc(Cn2nnc3ccccc32)cc1. The van der Waals surface area contributed by atoms with Crippen LogP contribution in [0.5, 0.6) is 0 Å². The summed E-state index contributed by atoms with van der Waals surface area (Å²) in [6, 6.07) is 22.5. The van der Waals surface area contributed by atoms with Gasteiger partial charge in [-0.05, 0) is 48.0 Å². The molecule has 6 nitrogen and oxygen atoms in total. The minimum Gasteiger partial charge on any atom is -0.320 e. The molecule has 5 rings (SSSR count). The molecular weight excluding hydrogens is 398 g/mol. The number of hydrogen-bond acceptors (Lipinski definition) is 4. The predicted octanol–water partition coefficient (Wildman–Crippen LogP) is 4.93. The lowest BCUT2D eigenvalue weighted by molar-refractivity contribution is 0.102. The largest absolute Gasteiger partial charge is 0.320 e. The minimum absolute atomic E-state index is 0.220. The van der Waals surface area contributed by atoms with Gasteiger partial charge >= 0.3 is 0 Å². The molecule has 0 aliphatic carbocycles. The second kappa shape index (κ2) is 7.57. The lowest BCUT2D eigenvalue weighted by Crippen LogP contribution is -2.12. The molecule has 0 radical (unpaired) electrons. The summed E-state index contributed by atoms with van der Waals surface area (Å²) in [7, 11) is 0. The molecule has 0 atom stereocenters. The van der Waals surface area contributed by atoms with Gasteiger partial charge in [-0.3, -0.25) is 9.78 Å². The van der Waals surface area contributed by atoms with Gasteiger partial charge < -0.3 is 5.32 Å². The second-order valence-corrected chi connectivity index (χ2v) is 7.35. The molecule has 0 unspecified atom stereocenters. The lowest BCUT2D eigenvalue weighted by Gasteiger charge is -2.10. The fourth-order valence-corrected chi connectivity index (χ4v) is 3.64. The average Bonchev–Trinajstić information content (AvgIpc) is 3.17. The van der Waals surface area contributed by atoms with E-state index in [1.165, 1.54) is 0 Å². The van der Waals surface area contributed by atoms with E-state index in [2.05, 4.69) is 20.6 Å². The summed E-state index contributed by atoms with van der Waals surface area (Å²) >= 11 is 6.19. The number of pyridine rings is 1. The highest BCUT2D eigenvalue weighted by atomic mass is 35.5. The number of benzene rings is 3. The van der Waals surface area contributed by atoms with E-state index >= 15 is 0 Å². The number of aromatic nitrogens is 4. The van der Waals surface area contributed by atoms with Crippen LogP contribution in [0, 0.1) is 0 Å². The van der Waals surface area contributed by atoms with Gasteiger partial charge in [0, 0.05) is 22.2 Å². The smallest absolute Gasteiger partial charge is 0.255 e. The minimum atomic E-state index is -0.220. The number of nitrogens with one attached hydrogen (secondary N) is 1. The molecule has 30 heavy (non-hydrogen) atoms. The van der Waals surface area contributed by atoms with Crippen molar-refractivity contribution in [3.8, 4) is 0 Å². The van der Waals surface area contributed by atoms with Crippen LogP contribution in [0.15, 0.2) is 79.0 Å². The molecule has 5 aromatic rings. The first-order chi connectivity index (χ1) is 14.7. The Hall–Kier alpha value is -3.77. The van der Waals surface area contributed by atoms with Crippen molar-refractivity contribution < 1.29 is 4.79 Å². The van der Waals surface area contributed by atoms with Crippen molar-refractivity contribution in [1.29, 1.82) is 0 Å². The molecule has 0 aliphatic heterocycles. The molecule has 0 fully saturated rings. The van der Waals surface area contributed by atoms with Crippen LogP contribution >= 0.6 is 11.6 Å². The van der Waals surface area contributed by atoms with Gasteiger partial charge in [0.1, 0.15) is 5.52 Å². The molecule has 1 N–H and O–H groups in total. The summed E-state index contributed by atoms with van der Waals surface area (Å²) < 4.78 is 1.84. The number of rotatable bonds is 4. The Bertz CT molecular complexity index is 1380. The van der Waals surface area contributed by atoms with Gasteiger partial charge in [-0.25, -0.2) is 4.68 Å². The van der Waals surface area contributed by atoms with Gasteiger partial charge in [-0.15, -0.1) is 5.10 Å². The van der Waals surface area contributed by atoms with Gasteiger partial charge in [-0.1, -0.05) is 47.1 Å². The van der Waals surface area contributed by atoms with Crippen LogP contribution in [0.25, 0.3) is 21.9 Å². The summed E-state index contributed by atoms with van der Waals surface area (Å²) in [5, 5.41) is 12.7. The van der Waals surface area contributed by atoms with Crippen LogP contribution in [0.2, 0.25) is 5.02 Å². The molecule has 3 aromatic carbocycles. The predicted molar refractivity (Wildman–Crippen MR) is 118 cm³/mol. The quantitative estimate of drug-likeness (QED) is 0.453. The highest BCUT2D eigenvalue weighted by Crippen LogP contribution is 2.26. The Kier molecular flexibility index (Phi) is 4.61. The number of anilines is 1. The molecule has 0 bridgehead atoms. The normalized spacial score (nSPS) is 11.1. The molecule has 0 aliphatic rings. The van der Waals surface area contributed by atoms with E-state index in [4.69, 9.17) is 11.6 Å². The summed E-state index contributed by atoms with van der Waals surface area (Å²) in [4.78, 5) is 17.1. The van der Waals surface area contributed by atoms with Crippen LogP contribution < -0.4 is 5.32 Å². The Morgan fingerprint density at radius 1 is 1.00 bits per heavy atom. The number of carbonyl (C=O) groups is 1. The third-order valence-corrected chi connectivity index (χ3v) is 5.10. The highest BCUT2D eigenvalue weighted by Gasteiger charge is 2.11. The lowest BCUT2D eigenvalue weighted by atomic mass is 10.1. The van der Waals surface area contributed by atoms with Crippen LogP contribution in [0.3, 0.4) is 0 Å². The fourth-order valence-electron chi connectivity index (χ4n) is 3.41. The van der Waals surface area contributed by atoms with Crippen molar-refractivity contribution in [3.05, 3.63) is 95.1 Å². The second-order valence-electron chi connectivity index (χ2n) is 6.92. The number of fused-ring (bicyclic) bond motifs is 2. The Morgan fingerprint density at radius 2 is 1.83 bits per heavy atom. The van der Waals surface area contributed by atoms with Crippen molar-refractivity contribution in [3.63, 3.8) is 0 Å². The van der Waals surface area contributed by atoms with Crippen molar-refractivity contribution in [1.82, 2.24) is 20.0 Å². The van der Waals surface area contributed by atoms with Crippen LogP contribution in [0.4, 0.5) is 5.69 Å². The summed E-state index contributed by atoms with van der Waals surface area (Å²) in [5.74, 6) is -0.220. The third kappa shape index (κ3) is 3.49. The monoisotopic (exact) mass is 413 g/mol. The van der Waals surface area contributed by atoms with Gasteiger partial charge in [0.15, 0.2) is 0 Å². The highest BCUT2D eigenvalue weighted by molar-refractivity contribution is 6.32. The molecule has 7 heteroatoms. The van der Waals surface area contributed by atoms with Gasteiger partial charge in [0.2, 0.25) is 0 Å². The Labute approximate surface area is 177 Å². The zero-order valence-corrected chi connectivity index (χ0v) is 16.5. The molecule has 0 saturated heterocycles. The van der Waals surface area contributed by atoms with Crippen molar-refractivity contribution in [2.75, 3.05) is 5.32 Å². The first-order valence-electron chi connectivity index (χ1n) is 9.40. The maximum absolute atomic E-state index is 12.8. The first-order valence-corrected chi connectivity index (χ1v) is 9.78. The molecule has 1 amide bonds. The van der Waals surface area contributed by atoms with E-state index in [0.29, 0.717) is 28.3 Å². The number of para-hydroxylation sites is 1. The maximum atomic E-state index is 12.8. The first kappa shape index (κ1) is 18.3. The van der Waals surface area contributed by atoms with E-state index in [-0.39, 0.29) is 5.91 Å². The zero-order chi connectivity index (χ0) is 20.5. The van der Waals surface area contributed by atoms with E-state index in [1.54, 1.807) is 24.4 Å². The number of carbonyl (C=O) groups excluding carboxylic acids is 1. The fraction of sp³-hybridized carbons (Fsp3) is 0.0435. The summed E-state index contributed by atoms with van der Waals surface area (Å²) in [6.45, 7) is 0.575. The Morgan fingerprint density at radius 3 is 2.70 bits per heavy atom.